The van der Waals surface area contributed by atoms with E-state index in [-0.39, 0.29) is 6.10 Å². The van der Waals surface area contributed by atoms with Crippen molar-refractivity contribution < 1.29 is 14.6 Å². The number of methoxy groups -OCH3 is 1. The Kier molecular flexibility index (Phi) is 7.97. The minimum Gasteiger partial charge on any atom is -0.497 e. The zero-order valence-electron chi connectivity index (χ0n) is 18.6. The van der Waals surface area contributed by atoms with Gasteiger partial charge in [-0.15, -0.1) is 0 Å². The Labute approximate surface area is 186 Å². The number of aryl methyl sites for hydroxylation is 1. The lowest BCUT2D eigenvalue weighted by atomic mass is 9.89. The third-order valence-corrected chi connectivity index (χ3v) is 6.60. The summed E-state index contributed by atoms with van der Waals surface area (Å²) in [5.74, 6) is 0.883. The van der Waals surface area contributed by atoms with E-state index < -0.39 is 6.10 Å². The first-order chi connectivity index (χ1) is 15.2. The van der Waals surface area contributed by atoms with E-state index in [1.165, 1.54) is 29.5 Å². The number of likely N-dealkylation sites (tertiary alicyclic amines) is 1. The lowest BCUT2D eigenvalue weighted by Gasteiger charge is -2.29. The number of benzene rings is 2. The second-order valence-electron chi connectivity index (χ2n) is 8.76. The van der Waals surface area contributed by atoms with Gasteiger partial charge in [0.15, 0.2) is 0 Å². The zero-order chi connectivity index (χ0) is 21.5. The predicted molar refractivity (Wildman–Crippen MR) is 123 cm³/mol. The van der Waals surface area contributed by atoms with E-state index in [0.717, 1.165) is 44.6 Å². The summed E-state index contributed by atoms with van der Waals surface area (Å²) in [4.78, 5) is 2.54. The van der Waals surface area contributed by atoms with Crippen LogP contribution in [-0.2, 0) is 11.2 Å². The number of aliphatic hydroxyl groups is 1. The van der Waals surface area contributed by atoms with Crippen LogP contribution in [0.3, 0.4) is 0 Å². The monoisotopic (exact) mass is 424 g/mol. The zero-order valence-corrected chi connectivity index (χ0v) is 18.6. The highest BCUT2D eigenvalue weighted by Crippen LogP contribution is 2.32. The van der Waals surface area contributed by atoms with Crippen LogP contribution >= 0.6 is 0 Å². The molecule has 0 radical (unpaired) electrons. The molecule has 0 amide bonds. The maximum Gasteiger partial charge on any atom is 0.118 e. The molecule has 1 fully saturated rings. The Morgan fingerprint density at radius 3 is 2.58 bits per heavy atom. The minimum atomic E-state index is -0.510. The van der Waals surface area contributed by atoms with Gasteiger partial charge in [-0.05, 0) is 74.0 Å². The molecule has 1 saturated heterocycles. The number of nitrogens with one attached hydrogen (secondary N) is 1. The van der Waals surface area contributed by atoms with E-state index in [4.69, 9.17) is 9.47 Å². The van der Waals surface area contributed by atoms with Crippen LogP contribution in [0.2, 0.25) is 0 Å². The van der Waals surface area contributed by atoms with E-state index in [1.807, 2.05) is 12.1 Å². The van der Waals surface area contributed by atoms with Crippen molar-refractivity contribution in [3.05, 3.63) is 65.2 Å². The van der Waals surface area contributed by atoms with Crippen molar-refractivity contribution in [1.29, 1.82) is 0 Å². The molecule has 2 aromatic carbocycles. The first-order valence-corrected chi connectivity index (χ1v) is 11.7. The summed E-state index contributed by atoms with van der Waals surface area (Å²) < 4.78 is 11.4. The van der Waals surface area contributed by atoms with Gasteiger partial charge in [-0.1, -0.05) is 36.4 Å². The molecule has 0 bridgehead atoms. The molecule has 1 aliphatic heterocycles. The van der Waals surface area contributed by atoms with Crippen LogP contribution < -0.4 is 10.1 Å². The molecular formula is C26H36N2O3. The fraction of sp³-hybridized carbons (Fsp3) is 0.538. The van der Waals surface area contributed by atoms with Gasteiger partial charge in [0.2, 0.25) is 0 Å². The number of nitrogens with zero attached hydrogens (tertiary/aromatic N) is 1. The molecule has 4 rings (SSSR count). The van der Waals surface area contributed by atoms with Gasteiger partial charge in [0.25, 0.3) is 0 Å². The molecule has 0 unspecified atom stereocenters. The second kappa shape index (κ2) is 11.1. The average molecular weight is 425 g/mol. The van der Waals surface area contributed by atoms with Crippen molar-refractivity contribution in [2.24, 2.45) is 0 Å². The molecule has 1 heterocycles. The second-order valence-corrected chi connectivity index (χ2v) is 8.76. The number of hydrogen-bond acceptors (Lipinski definition) is 5. The van der Waals surface area contributed by atoms with E-state index in [9.17, 15) is 5.11 Å². The van der Waals surface area contributed by atoms with Crippen LogP contribution in [-0.4, -0.2) is 56.0 Å². The summed E-state index contributed by atoms with van der Waals surface area (Å²) in [7, 11) is 1.70. The summed E-state index contributed by atoms with van der Waals surface area (Å²) in [5, 5.41) is 14.0. The molecule has 0 aromatic heterocycles. The third kappa shape index (κ3) is 5.86. The molecule has 0 spiro atoms. The van der Waals surface area contributed by atoms with Crippen molar-refractivity contribution in [1.82, 2.24) is 10.2 Å². The van der Waals surface area contributed by atoms with Gasteiger partial charge >= 0.3 is 0 Å². The molecule has 2 aromatic rings. The Morgan fingerprint density at radius 2 is 1.81 bits per heavy atom. The SMILES string of the molecule is COc1ccc([C@@H](CNC[C@H](O)CO[C@@H]2CCCc3ccccc32)N2CCCC2)cc1. The molecule has 5 nitrogen and oxygen atoms in total. The lowest BCUT2D eigenvalue weighted by molar-refractivity contribution is -0.0170. The Bertz CT molecular complexity index is 805. The fourth-order valence-electron chi connectivity index (χ4n) is 4.89. The van der Waals surface area contributed by atoms with Crippen LogP contribution in [0.4, 0.5) is 0 Å². The smallest absolute Gasteiger partial charge is 0.118 e. The Hall–Kier alpha value is -1.92. The minimum absolute atomic E-state index is 0.108. The molecule has 3 atom stereocenters. The van der Waals surface area contributed by atoms with Gasteiger partial charge in [-0.25, -0.2) is 0 Å². The molecule has 168 valence electrons. The highest BCUT2D eigenvalue weighted by Gasteiger charge is 2.24. The summed E-state index contributed by atoms with van der Waals surface area (Å²) in [5.41, 5.74) is 3.97. The number of fused-ring (bicyclic) bond motifs is 1. The highest BCUT2D eigenvalue weighted by molar-refractivity contribution is 5.31. The van der Waals surface area contributed by atoms with E-state index >= 15 is 0 Å². The predicted octanol–water partition coefficient (Wildman–Crippen LogP) is 3.88. The Morgan fingerprint density at radius 1 is 1.03 bits per heavy atom. The Balaban J connectivity index is 1.27. The summed E-state index contributed by atoms with van der Waals surface area (Å²) in [6.45, 7) is 3.98. The first-order valence-electron chi connectivity index (χ1n) is 11.7. The van der Waals surface area contributed by atoms with Crippen LogP contribution in [0.5, 0.6) is 5.75 Å². The standard InChI is InChI=1S/C26H36N2O3/c1-30-23-13-11-21(12-14-23)25(28-15-4-5-16-28)18-27-17-22(29)19-31-26-10-6-8-20-7-2-3-9-24(20)26/h2-3,7,9,11-14,22,25-27,29H,4-6,8,10,15-19H2,1H3/t22-,25+,26+/m0/s1. The van der Waals surface area contributed by atoms with Crippen molar-refractivity contribution in [2.45, 2.75) is 50.4 Å². The number of hydrogen-bond donors (Lipinski definition) is 2. The molecule has 1 aliphatic carbocycles. The van der Waals surface area contributed by atoms with E-state index in [2.05, 4.69) is 46.6 Å². The van der Waals surface area contributed by atoms with Crippen molar-refractivity contribution >= 4 is 0 Å². The van der Waals surface area contributed by atoms with Crippen LogP contribution in [0.15, 0.2) is 48.5 Å². The van der Waals surface area contributed by atoms with Crippen LogP contribution in [0.25, 0.3) is 0 Å². The van der Waals surface area contributed by atoms with Crippen LogP contribution in [0.1, 0.15) is 54.5 Å². The van der Waals surface area contributed by atoms with E-state index in [1.54, 1.807) is 7.11 Å². The highest BCUT2D eigenvalue weighted by atomic mass is 16.5. The van der Waals surface area contributed by atoms with Gasteiger partial charge in [-0.3, -0.25) is 4.90 Å². The summed E-state index contributed by atoms with van der Waals surface area (Å²) >= 11 is 0. The van der Waals surface area contributed by atoms with Gasteiger partial charge < -0.3 is 19.9 Å². The van der Waals surface area contributed by atoms with Gasteiger partial charge in [0.05, 0.1) is 25.9 Å². The summed E-state index contributed by atoms with van der Waals surface area (Å²) in [6, 6.07) is 17.2. The quantitative estimate of drug-likeness (QED) is 0.606. The van der Waals surface area contributed by atoms with Crippen LogP contribution in [0, 0.1) is 0 Å². The molecule has 31 heavy (non-hydrogen) atoms. The number of aliphatic hydroxyl groups excluding tert-OH is 1. The topological polar surface area (TPSA) is 54.0 Å². The van der Waals surface area contributed by atoms with Crippen molar-refractivity contribution in [2.75, 3.05) is 39.9 Å². The third-order valence-electron chi connectivity index (χ3n) is 6.60. The fourth-order valence-corrected chi connectivity index (χ4v) is 4.89. The molecule has 5 heteroatoms. The number of ether oxygens (including phenoxy) is 2. The molecule has 2 N–H and O–H groups in total. The summed E-state index contributed by atoms with van der Waals surface area (Å²) in [6.07, 6.45) is 5.42. The molecule has 0 saturated carbocycles. The first kappa shape index (κ1) is 22.3. The maximum atomic E-state index is 10.5. The van der Waals surface area contributed by atoms with Crippen molar-refractivity contribution in [3.8, 4) is 5.75 Å². The molecule has 2 aliphatic rings. The van der Waals surface area contributed by atoms with Gasteiger partial charge in [-0.2, -0.15) is 0 Å². The van der Waals surface area contributed by atoms with Crippen molar-refractivity contribution in [3.63, 3.8) is 0 Å². The number of rotatable bonds is 10. The largest absolute Gasteiger partial charge is 0.497 e. The lowest BCUT2D eigenvalue weighted by Crippen LogP contribution is -2.38. The average Bonchev–Trinajstić information content (AvgIpc) is 3.35. The van der Waals surface area contributed by atoms with Gasteiger partial charge in [0.1, 0.15) is 5.75 Å². The van der Waals surface area contributed by atoms with Gasteiger partial charge in [0, 0.05) is 19.1 Å². The normalized spacial score (nSPS) is 20.9. The molecular weight excluding hydrogens is 388 g/mol. The maximum absolute atomic E-state index is 10.5. The van der Waals surface area contributed by atoms with E-state index in [0.29, 0.717) is 19.2 Å².